The number of aromatic nitrogens is 1. The highest BCUT2D eigenvalue weighted by Gasteiger charge is 2.06. The van der Waals surface area contributed by atoms with Gasteiger partial charge in [0.25, 0.3) is 0 Å². The molecule has 0 aliphatic carbocycles. The van der Waals surface area contributed by atoms with Crippen molar-refractivity contribution in [2.24, 2.45) is 0 Å². The molecule has 1 unspecified atom stereocenters. The van der Waals surface area contributed by atoms with Gasteiger partial charge >= 0.3 is 0 Å². The Hall–Kier alpha value is -0.320. The van der Waals surface area contributed by atoms with Gasteiger partial charge in [-0.25, -0.2) is 4.98 Å². The zero-order chi connectivity index (χ0) is 10.4. The first-order valence-electron chi connectivity index (χ1n) is 4.19. The molecule has 0 radical (unpaired) electrons. The maximum atomic E-state index is 5.75. The summed E-state index contributed by atoms with van der Waals surface area (Å²) in [5.41, 5.74) is 0. The van der Waals surface area contributed by atoms with Gasteiger partial charge in [0, 0.05) is 23.7 Å². The van der Waals surface area contributed by atoms with Crippen molar-refractivity contribution in [3.63, 3.8) is 0 Å². The number of hydrogen-bond acceptors (Lipinski definition) is 3. The van der Waals surface area contributed by atoms with Gasteiger partial charge in [0.2, 0.25) is 0 Å². The predicted octanol–water partition coefficient (Wildman–Crippen LogP) is 2.51. The van der Waals surface area contributed by atoms with Crippen LogP contribution in [0.1, 0.15) is 0 Å². The molecule has 5 heteroatoms. The molecule has 14 heavy (non-hydrogen) atoms. The van der Waals surface area contributed by atoms with Crippen molar-refractivity contribution in [2.45, 2.75) is 6.04 Å². The van der Waals surface area contributed by atoms with Gasteiger partial charge in [-0.3, -0.25) is 0 Å². The van der Waals surface area contributed by atoms with E-state index in [0.717, 1.165) is 10.3 Å². The Labute approximate surface area is 96.9 Å². The number of pyridine rings is 1. The van der Waals surface area contributed by atoms with Gasteiger partial charge in [-0.2, -0.15) is 0 Å². The third-order valence-electron chi connectivity index (χ3n) is 1.63. The summed E-state index contributed by atoms with van der Waals surface area (Å²) in [5.74, 6) is 1.29. The molecule has 0 aromatic carbocycles. The summed E-state index contributed by atoms with van der Waals surface area (Å²) in [5, 5.41) is 3.17. The first-order valence-corrected chi connectivity index (χ1v) is 5.52. The van der Waals surface area contributed by atoms with Gasteiger partial charge < -0.3 is 10.1 Å². The number of rotatable bonds is 5. The van der Waals surface area contributed by atoms with E-state index in [0.29, 0.717) is 12.5 Å². The van der Waals surface area contributed by atoms with Crippen molar-refractivity contribution in [2.75, 3.05) is 24.9 Å². The molecule has 1 heterocycles. The van der Waals surface area contributed by atoms with Crippen molar-refractivity contribution in [1.29, 1.82) is 0 Å². The minimum atomic E-state index is 0.0929. The van der Waals surface area contributed by atoms with Crippen LogP contribution in [0.5, 0.6) is 0 Å². The van der Waals surface area contributed by atoms with Gasteiger partial charge in [0.15, 0.2) is 0 Å². The van der Waals surface area contributed by atoms with Crippen LogP contribution in [0.15, 0.2) is 22.8 Å². The van der Waals surface area contributed by atoms with E-state index in [1.165, 1.54) is 0 Å². The molecule has 1 N–H and O–H groups in total. The van der Waals surface area contributed by atoms with E-state index in [1.54, 1.807) is 13.3 Å². The maximum Gasteiger partial charge on any atom is 0.126 e. The Balaban J connectivity index is 2.53. The van der Waals surface area contributed by atoms with Crippen molar-refractivity contribution in [3.8, 4) is 0 Å². The fourth-order valence-corrected chi connectivity index (χ4v) is 1.40. The summed E-state index contributed by atoms with van der Waals surface area (Å²) >= 11 is 9.07. The standard InChI is InChI=1S/C9H12BrClN2O/c1-14-6-8(4-11)13-9-3-2-7(10)5-12-9/h2-3,5,8H,4,6H2,1H3,(H,12,13). The maximum absolute atomic E-state index is 5.75. The van der Waals surface area contributed by atoms with Crippen LogP contribution < -0.4 is 5.32 Å². The lowest BCUT2D eigenvalue weighted by Crippen LogP contribution is -2.26. The van der Waals surface area contributed by atoms with Crippen LogP contribution in [0, 0.1) is 0 Å². The summed E-state index contributed by atoms with van der Waals surface area (Å²) in [7, 11) is 1.65. The average Bonchev–Trinajstić information content (AvgIpc) is 2.20. The number of methoxy groups -OCH3 is 1. The average molecular weight is 280 g/mol. The van der Waals surface area contributed by atoms with E-state index in [9.17, 15) is 0 Å². The van der Waals surface area contributed by atoms with Crippen LogP contribution >= 0.6 is 27.5 Å². The second-order valence-corrected chi connectivity index (χ2v) is 4.04. The molecule has 0 bridgehead atoms. The van der Waals surface area contributed by atoms with Crippen molar-refractivity contribution in [1.82, 2.24) is 4.98 Å². The van der Waals surface area contributed by atoms with Gasteiger partial charge in [-0.1, -0.05) is 0 Å². The number of nitrogens with one attached hydrogen (secondary N) is 1. The van der Waals surface area contributed by atoms with E-state index in [1.807, 2.05) is 12.1 Å². The lowest BCUT2D eigenvalue weighted by Gasteiger charge is -2.15. The van der Waals surface area contributed by atoms with Crippen molar-refractivity contribution < 1.29 is 4.74 Å². The lowest BCUT2D eigenvalue weighted by atomic mass is 10.3. The Kier molecular flexibility index (Phi) is 5.22. The van der Waals surface area contributed by atoms with Gasteiger partial charge in [-0.05, 0) is 28.1 Å². The largest absolute Gasteiger partial charge is 0.383 e. The zero-order valence-corrected chi connectivity index (χ0v) is 10.2. The first kappa shape index (κ1) is 11.8. The number of alkyl halides is 1. The van der Waals surface area contributed by atoms with E-state index in [4.69, 9.17) is 16.3 Å². The molecule has 0 saturated carbocycles. The smallest absolute Gasteiger partial charge is 0.126 e. The van der Waals surface area contributed by atoms with E-state index in [-0.39, 0.29) is 6.04 Å². The molecule has 0 aliphatic rings. The number of ether oxygens (including phenoxy) is 1. The van der Waals surface area contributed by atoms with Crippen LogP contribution in [-0.4, -0.2) is 30.6 Å². The van der Waals surface area contributed by atoms with Crippen LogP contribution in [0.4, 0.5) is 5.82 Å². The Bertz CT molecular complexity index is 268. The van der Waals surface area contributed by atoms with E-state index in [2.05, 4.69) is 26.2 Å². The quantitative estimate of drug-likeness (QED) is 0.841. The third kappa shape index (κ3) is 3.82. The fourth-order valence-electron chi connectivity index (χ4n) is 0.996. The monoisotopic (exact) mass is 278 g/mol. The minimum Gasteiger partial charge on any atom is -0.383 e. The lowest BCUT2D eigenvalue weighted by molar-refractivity contribution is 0.191. The second-order valence-electron chi connectivity index (χ2n) is 2.81. The number of halogens is 2. The number of anilines is 1. The normalized spacial score (nSPS) is 12.5. The summed E-state index contributed by atoms with van der Waals surface area (Å²) in [6, 6.07) is 3.91. The topological polar surface area (TPSA) is 34.1 Å². The molecule has 1 aromatic heterocycles. The molecule has 1 rings (SSSR count). The Morgan fingerprint density at radius 3 is 2.93 bits per heavy atom. The van der Waals surface area contributed by atoms with Crippen LogP contribution in [0.25, 0.3) is 0 Å². The molecular formula is C9H12BrClN2O. The molecule has 3 nitrogen and oxygen atoms in total. The van der Waals surface area contributed by atoms with E-state index < -0.39 is 0 Å². The highest BCUT2D eigenvalue weighted by Crippen LogP contribution is 2.11. The van der Waals surface area contributed by atoms with Crippen LogP contribution in [0.2, 0.25) is 0 Å². The number of hydrogen-bond donors (Lipinski definition) is 1. The van der Waals surface area contributed by atoms with Gasteiger partial charge in [-0.15, -0.1) is 11.6 Å². The molecule has 0 spiro atoms. The molecule has 1 aromatic rings. The predicted molar refractivity (Wildman–Crippen MR) is 61.9 cm³/mol. The summed E-state index contributed by atoms with van der Waals surface area (Å²) in [4.78, 5) is 4.18. The van der Waals surface area contributed by atoms with Crippen molar-refractivity contribution >= 4 is 33.3 Å². The van der Waals surface area contributed by atoms with Crippen LogP contribution in [-0.2, 0) is 4.74 Å². The summed E-state index contributed by atoms with van der Waals surface area (Å²) in [6.07, 6.45) is 1.74. The van der Waals surface area contributed by atoms with Gasteiger partial charge in [0.05, 0.1) is 12.6 Å². The SMILES string of the molecule is COCC(CCl)Nc1ccc(Br)cn1. The van der Waals surface area contributed by atoms with Crippen LogP contribution in [0.3, 0.4) is 0 Å². The van der Waals surface area contributed by atoms with E-state index >= 15 is 0 Å². The molecule has 0 aliphatic heterocycles. The Morgan fingerprint density at radius 1 is 1.64 bits per heavy atom. The highest BCUT2D eigenvalue weighted by molar-refractivity contribution is 9.10. The second kappa shape index (κ2) is 6.22. The molecular weight excluding hydrogens is 267 g/mol. The highest BCUT2D eigenvalue weighted by atomic mass is 79.9. The van der Waals surface area contributed by atoms with Gasteiger partial charge in [0.1, 0.15) is 5.82 Å². The molecule has 1 atom stereocenters. The zero-order valence-electron chi connectivity index (χ0n) is 7.84. The Morgan fingerprint density at radius 2 is 2.43 bits per heavy atom. The minimum absolute atomic E-state index is 0.0929. The number of nitrogens with zero attached hydrogens (tertiary/aromatic N) is 1. The summed E-state index contributed by atoms with van der Waals surface area (Å²) in [6.45, 7) is 0.571. The summed E-state index contributed by atoms with van der Waals surface area (Å²) < 4.78 is 5.96. The third-order valence-corrected chi connectivity index (χ3v) is 2.48. The fraction of sp³-hybridized carbons (Fsp3) is 0.444. The molecule has 78 valence electrons. The van der Waals surface area contributed by atoms with Crippen molar-refractivity contribution in [3.05, 3.63) is 22.8 Å². The molecule has 0 saturated heterocycles. The molecule has 0 fully saturated rings. The first-order chi connectivity index (χ1) is 6.76. The molecule has 0 amide bonds.